The Hall–Kier alpha value is -3.80. The van der Waals surface area contributed by atoms with Crippen LogP contribution in [-0.2, 0) is 0 Å². The smallest absolute Gasteiger partial charge is 0.345 e. The molecule has 0 saturated carbocycles. The van der Waals surface area contributed by atoms with Crippen molar-refractivity contribution in [2.75, 3.05) is 0 Å². The van der Waals surface area contributed by atoms with Gasteiger partial charge in [-0.15, -0.1) is 0 Å². The zero-order valence-corrected chi connectivity index (χ0v) is 14.8. The molecule has 0 spiro atoms. The van der Waals surface area contributed by atoms with Crippen LogP contribution in [0.4, 0.5) is 4.39 Å². The highest BCUT2D eigenvalue weighted by Gasteiger charge is 2.30. The van der Waals surface area contributed by atoms with Gasteiger partial charge < -0.3 is 9.47 Å². The lowest BCUT2D eigenvalue weighted by molar-refractivity contribution is 0.0734. The number of fused-ring (bicyclic) bond motifs is 1. The van der Waals surface area contributed by atoms with Crippen molar-refractivity contribution in [3.63, 3.8) is 0 Å². The standard InChI is InChI=1S/C22H14FNO4/c1-13-9-17(27-22(26)15-3-2-8-24-12-15)11-18-20(13)21(25)19(28-18)10-14-4-6-16(23)7-5-14/h2-12H,1H3/b19-10-. The van der Waals surface area contributed by atoms with Gasteiger partial charge in [0, 0.05) is 18.5 Å². The van der Waals surface area contributed by atoms with Gasteiger partial charge >= 0.3 is 5.97 Å². The second-order valence-corrected chi connectivity index (χ2v) is 6.24. The Bertz CT molecular complexity index is 1110. The number of allylic oxidation sites excluding steroid dienone is 1. The van der Waals surface area contributed by atoms with Crippen LogP contribution in [0.5, 0.6) is 11.5 Å². The Morgan fingerprint density at radius 3 is 2.68 bits per heavy atom. The van der Waals surface area contributed by atoms with Crippen molar-refractivity contribution in [2.45, 2.75) is 6.92 Å². The lowest BCUT2D eigenvalue weighted by Crippen LogP contribution is -2.09. The van der Waals surface area contributed by atoms with Crippen molar-refractivity contribution in [3.8, 4) is 11.5 Å². The Balaban J connectivity index is 1.61. The van der Waals surface area contributed by atoms with Crippen LogP contribution in [0, 0.1) is 12.7 Å². The highest BCUT2D eigenvalue weighted by atomic mass is 19.1. The number of carbonyl (C=O) groups excluding carboxylic acids is 2. The van der Waals surface area contributed by atoms with E-state index >= 15 is 0 Å². The molecule has 0 atom stereocenters. The Labute approximate surface area is 160 Å². The number of pyridine rings is 1. The summed E-state index contributed by atoms with van der Waals surface area (Å²) < 4.78 is 24.1. The summed E-state index contributed by atoms with van der Waals surface area (Å²) in [7, 11) is 0. The van der Waals surface area contributed by atoms with Gasteiger partial charge in [-0.25, -0.2) is 9.18 Å². The van der Waals surface area contributed by atoms with E-state index in [0.717, 1.165) is 0 Å². The molecule has 5 nitrogen and oxygen atoms in total. The number of carbonyl (C=O) groups is 2. The van der Waals surface area contributed by atoms with Crippen LogP contribution in [0.25, 0.3) is 6.08 Å². The van der Waals surface area contributed by atoms with Crippen LogP contribution >= 0.6 is 0 Å². The Kier molecular flexibility index (Phi) is 4.45. The summed E-state index contributed by atoms with van der Waals surface area (Å²) in [5, 5.41) is 0. The maximum absolute atomic E-state index is 13.1. The molecular weight excluding hydrogens is 361 g/mol. The van der Waals surface area contributed by atoms with Crippen molar-refractivity contribution < 1.29 is 23.5 Å². The molecule has 3 aromatic rings. The SMILES string of the molecule is Cc1cc(OC(=O)c2cccnc2)cc2c1C(=O)/C(=C/c1ccc(F)cc1)O2. The molecule has 1 aliphatic rings. The fourth-order valence-corrected chi connectivity index (χ4v) is 2.90. The van der Waals surface area contributed by atoms with E-state index in [9.17, 15) is 14.0 Å². The zero-order chi connectivity index (χ0) is 19.7. The number of hydrogen-bond acceptors (Lipinski definition) is 5. The van der Waals surface area contributed by atoms with Gasteiger partial charge in [0.2, 0.25) is 5.78 Å². The van der Waals surface area contributed by atoms with Crippen molar-refractivity contribution in [3.05, 3.63) is 94.8 Å². The molecule has 1 aromatic heterocycles. The molecule has 0 unspecified atom stereocenters. The molecule has 28 heavy (non-hydrogen) atoms. The number of nitrogens with zero attached hydrogens (tertiary/aromatic N) is 1. The Morgan fingerprint density at radius 2 is 1.96 bits per heavy atom. The summed E-state index contributed by atoms with van der Waals surface area (Å²) in [5.74, 6) is -0.491. The van der Waals surface area contributed by atoms with Crippen molar-refractivity contribution >= 4 is 17.8 Å². The first-order chi connectivity index (χ1) is 13.5. The largest absolute Gasteiger partial charge is 0.452 e. The van der Waals surface area contributed by atoms with Crippen LogP contribution in [0.2, 0.25) is 0 Å². The van der Waals surface area contributed by atoms with E-state index in [0.29, 0.717) is 28.0 Å². The van der Waals surface area contributed by atoms with Gasteiger partial charge in [-0.2, -0.15) is 0 Å². The monoisotopic (exact) mass is 375 g/mol. The molecule has 4 rings (SSSR count). The molecule has 6 heteroatoms. The minimum atomic E-state index is -0.557. The number of halogens is 1. The third-order valence-corrected chi connectivity index (χ3v) is 4.22. The fourth-order valence-electron chi connectivity index (χ4n) is 2.90. The number of esters is 1. The maximum atomic E-state index is 13.1. The molecule has 0 radical (unpaired) electrons. The highest BCUT2D eigenvalue weighted by molar-refractivity contribution is 6.15. The first-order valence-electron chi connectivity index (χ1n) is 8.48. The molecule has 0 saturated heterocycles. The number of aromatic nitrogens is 1. The van der Waals surface area contributed by atoms with E-state index in [-0.39, 0.29) is 23.1 Å². The molecule has 0 amide bonds. The minimum Gasteiger partial charge on any atom is -0.452 e. The maximum Gasteiger partial charge on any atom is 0.345 e. The van der Waals surface area contributed by atoms with Gasteiger partial charge in [0.1, 0.15) is 17.3 Å². The van der Waals surface area contributed by atoms with E-state index < -0.39 is 5.97 Å². The number of Topliss-reactive ketones (excluding diaryl/α,β-unsaturated/α-hetero) is 1. The highest BCUT2D eigenvalue weighted by Crippen LogP contribution is 2.37. The van der Waals surface area contributed by atoms with E-state index in [1.54, 1.807) is 49.5 Å². The van der Waals surface area contributed by atoms with Crippen molar-refractivity contribution in [2.24, 2.45) is 0 Å². The van der Waals surface area contributed by atoms with E-state index in [4.69, 9.17) is 9.47 Å². The van der Waals surface area contributed by atoms with Gasteiger partial charge in [-0.3, -0.25) is 9.78 Å². The van der Waals surface area contributed by atoms with Crippen LogP contribution in [0.15, 0.2) is 66.7 Å². The molecule has 0 fully saturated rings. The summed E-state index contributed by atoms with van der Waals surface area (Å²) in [6, 6.07) is 12.1. The van der Waals surface area contributed by atoms with Crippen molar-refractivity contribution in [1.82, 2.24) is 4.98 Å². The third-order valence-electron chi connectivity index (χ3n) is 4.22. The average Bonchev–Trinajstić information content (AvgIpc) is 3.00. The molecule has 1 aliphatic heterocycles. The second kappa shape index (κ2) is 7.08. The van der Waals surface area contributed by atoms with Gasteiger partial charge in [0.15, 0.2) is 5.76 Å². The minimum absolute atomic E-state index is 0.125. The summed E-state index contributed by atoms with van der Waals surface area (Å²) in [4.78, 5) is 28.8. The molecule has 0 bridgehead atoms. The summed E-state index contributed by atoms with van der Waals surface area (Å²) in [6.45, 7) is 1.74. The predicted octanol–water partition coefficient (Wildman–Crippen LogP) is 4.36. The fraction of sp³-hybridized carbons (Fsp3) is 0.0455. The van der Waals surface area contributed by atoms with Crippen LogP contribution < -0.4 is 9.47 Å². The number of rotatable bonds is 3. The zero-order valence-electron chi connectivity index (χ0n) is 14.8. The van der Waals surface area contributed by atoms with Crippen LogP contribution in [-0.4, -0.2) is 16.7 Å². The lowest BCUT2D eigenvalue weighted by Gasteiger charge is -2.07. The molecule has 2 heterocycles. The van der Waals surface area contributed by atoms with Gasteiger partial charge in [0.25, 0.3) is 0 Å². The molecule has 138 valence electrons. The molecule has 0 N–H and O–H groups in total. The summed E-state index contributed by atoms with van der Waals surface area (Å²) >= 11 is 0. The molecule has 2 aromatic carbocycles. The normalized spacial score (nSPS) is 13.9. The van der Waals surface area contributed by atoms with Gasteiger partial charge in [-0.05, 0) is 54.5 Å². The van der Waals surface area contributed by atoms with Crippen LogP contribution in [0.1, 0.15) is 31.8 Å². The van der Waals surface area contributed by atoms with Gasteiger partial charge in [0.05, 0.1) is 11.1 Å². The number of ketones is 1. The number of hydrogen-bond donors (Lipinski definition) is 0. The first-order valence-corrected chi connectivity index (χ1v) is 8.48. The topological polar surface area (TPSA) is 65.5 Å². The number of aryl methyl sites for hydroxylation is 1. The second-order valence-electron chi connectivity index (χ2n) is 6.24. The van der Waals surface area contributed by atoms with Crippen molar-refractivity contribution in [1.29, 1.82) is 0 Å². The van der Waals surface area contributed by atoms with E-state index in [1.165, 1.54) is 24.4 Å². The quantitative estimate of drug-likeness (QED) is 0.386. The van der Waals surface area contributed by atoms with E-state index in [1.807, 2.05) is 0 Å². The number of ether oxygens (including phenoxy) is 2. The number of benzene rings is 2. The third kappa shape index (κ3) is 3.40. The molecular formula is C22H14FNO4. The summed E-state index contributed by atoms with van der Waals surface area (Å²) in [5.41, 5.74) is 1.99. The first kappa shape index (κ1) is 17.6. The van der Waals surface area contributed by atoms with E-state index in [2.05, 4.69) is 4.98 Å². The van der Waals surface area contributed by atoms with Gasteiger partial charge in [-0.1, -0.05) is 12.1 Å². The Morgan fingerprint density at radius 1 is 1.18 bits per heavy atom. The van der Waals surface area contributed by atoms with Crippen LogP contribution in [0.3, 0.4) is 0 Å². The molecule has 0 aliphatic carbocycles. The predicted molar refractivity (Wildman–Crippen MR) is 99.7 cm³/mol. The average molecular weight is 375 g/mol. The summed E-state index contributed by atoms with van der Waals surface area (Å²) in [6.07, 6.45) is 4.51. The lowest BCUT2D eigenvalue weighted by atomic mass is 10.0.